The van der Waals surface area contributed by atoms with E-state index in [9.17, 15) is 10.1 Å². The molecule has 1 heterocycles. The van der Waals surface area contributed by atoms with E-state index in [1.165, 1.54) is 11.0 Å². The van der Waals surface area contributed by atoms with Gasteiger partial charge < -0.3 is 5.32 Å². The van der Waals surface area contributed by atoms with Crippen molar-refractivity contribution in [1.29, 1.82) is 5.26 Å². The molecule has 25 heavy (non-hydrogen) atoms. The summed E-state index contributed by atoms with van der Waals surface area (Å²) in [5, 5.41) is 13.6. The van der Waals surface area contributed by atoms with E-state index in [0.717, 1.165) is 36.8 Å². The molecule has 0 saturated heterocycles. The van der Waals surface area contributed by atoms with Gasteiger partial charge in [-0.15, -0.1) is 11.3 Å². The molecule has 1 aliphatic carbocycles. The molecule has 2 aromatic rings. The van der Waals surface area contributed by atoms with Crippen LogP contribution in [0.4, 0.5) is 5.00 Å². The Labute approximate surface area is 156 Å². The summed E-state index contributed by atoms with van der Waals surface area (Å²) in [5.74, 6) is 0.434. The Morgan fingerprint density at radius 1 is 1.48 bits per heavy atom. The fraction of sp³-hybridized carbons (Fsp3) is 0.300. The lowest BCUT2D eigenvalue weighted by molar-refractivity contribution is -0.111. The molecule has 0 bridgehead atoms. The summed E-state index contributed by atoms with van der Waals surface area (Å²) in [6.07, 6.45) is 7.35. The van der Waals surface area contributed by atoms with E-state index in [-0.39, 0.29) is 5.91 Å². The summed E-state index contributed by atoms with van der Waals surface area (Å²) in [7, 11) is 0. The van der Waals surface area contributed by atoms with Gasteiger partial charge in [-0.05, 0) is 48.4 Å². The van der Waals surface area contributed by atoms with E-state index in [1.54, 1.807) is 23.5 Å². The van der Waals surface area contributed by atoms with E-state index in [1.807, 2.05) is 18.2 Å². The largest absolute Gasteiger partial charge is 0.313 e. The Morgan fingerprint density at radius 3 is 3.00 bits per heavy atom. The van der Waals surface area contributed by atoms with Crippen LogP contribution in [0, 0.1) is 17.2 Å². The zero-order valence-electron chi connectivity index (χ0n) is 14.0. The Balaban J connectivity index is 1.77. The van der Waals surface area contributed by atoms with Crippen molar-refractivity contribution in [2.24, 2.45) is 5.92 Å². The Kier molecular flexibility index (Phi) is 5.57. The Hall–Kier alpha value is -2.09. The molecular formula is C20H19ClN2OS. The molecule has 1 aromatic carbocycles. The molecule has 1 aliphatic rings. The normalized spacial score (nSPS) is 16.4. The van der Waals surface area contributed by atoms with Crippen molar-refractivity contribution in [1.82, 2.24) is 0 Å². The summed E-state index contributed by atoms with van der Waals surface area (Å²) < 4.78 is 0. The Morgan fingerprint density at radius 2 is 2.28 bits per heavy atom. The van der Waals surface area contributed by atoms with Gasteiger partial charge in [0.1, 0.15) is 11.1 Å². The maximum absolute atomic E-state index is 12.3. The highest BCUT2D eigenvalue weighted by Gasteiger charge is 2.25. The van der Waals surface area contributed by atoms with Crippen molar-refractivity contribution in [3.8, 4) is 6.07 Å². The zero-order valence-corrected chi connectivity index (χ0v) is 15.6. The number of carbonyl (C=O) groups is 1. The number of hydrogen-bond acceptors (Lipinski definition) is 3. The van der Waals surface area contributed by atoms with Gasteiger partial charge in [-0.2, -0.15) is 5.26 Å². The minimum absolute atomic E-state index is 0.248. The van der Waals surface area contributed by atoms with Crippen molar-refractivity contribution in [2.75, 3.05) is 5.32 Å². The third-order valence-corrected chi connectivity index (χ3v) is 6.13. The summed E-state index contributed by atoms with van der Waals surface area (Å²) in [6.45, 7) is 2.21. The summed E-state index contributed by atoms with van der Waals surface area (Å²) in [4.78, 5) is 13.5. The molecule has 5 heteroatoms. The maximum atomic E-state index is 12.3. The van der Waals surface area contributed by atoms with Crippen molar-refractivity contribution < 1.29 is 4.79 Å². The number of rotatable bonds is 4. The third-order valence-electron chi connectivity index (χ3n) is 4.61. The van der Waals surface area contributed by atoms with Crippen LogP contribution < -0.4 is 5.32 Å². The van der Waals surface area contributed by atoms with Gasteiger partial charge in [0.05, 0.1) is 5.56 Å². The number of benzene rings is 1. The van der Waals surface area contributed by atoms with Gasteiger partial charge in [0, 0.05) is 16.0 Å². The summed E-state index contributed by atoms with van der Waals surface area (Å²) in [5.41, 5.74) is 2.55. The molecule has 1 unspecified atom stereocenters. The molecule has 1 atom stereocenters. The lowest BCUT2D eigenvalue weighted by Gasteiger charge is -2.20. The molecule has 1 N–H and O–H groups in total. The molecular weight excluding hydrogens is 352 g/mol. The molecule has 1 amide bonds. The molecule has 3 nitrogen and oxygen atoms in total. The monoisotopic (exact) mass is 370 g/mol. The molecule has 128 valence electrons. The molecule has 0 spiro atoms. The maximum Gasteiger partial charge on any atom is 0.249 e. The number of amides is 1. The number of fused-ring (bicyclic) bond motifs is 1. The highest BCUT2D eigenvalue weighted by atomic mass is 35.5. The van der Waals surface area contributed by atoms with Crippen LogP contribution >= 0.6 is 22.9 Å². The van der Waals surface area contributed by atoms with Crippen LogP contribution in [-0.4, -0.2) is 5.91 Å². The number of nitrogens with zero attached hydrogens (tertiary/aromatic N) is 1. The van der Waals surface area contributed by atoms with E-state index in [4.69, 9.17) is 11.6 Å². The van der Waals surface area contributed by atoms with Crippen LogP contribution in [0.5, 0.6) is 0 Å². The first kappa shape index (κ1) is 17.7. The number of hydrogen-bond donors (Lipinski definition) is 1. The van der Waals surface area contributed by atoms with Crippen LogP contribution in [0.25, 0.3) is 6.08 Å². The van der Waals surface area contributed by atoms with Gasteiger partial charge in [-0.25, -0.2) is 0 Å². The van der Waals surface area contributed by atoms with Crippen LogP contribution in [0.1, 0.15) is 41.3 Å². The molecule has 0 saturated carbocycles. The minimum Gasteiger partial charge on any atom is -0.313 e. The van der Waals surface area contributed by atoms with Gasteiger partial charge in [-0.3, -0.25) is 4.79 Å². The topological polar surface area (TPSA) is 52.9 Å². The summed E-state index contributed by atoms with van der Waals surface area (Å²) >= 11 is 7.63. The second kappa shape index (κ2) is 7.86. The molecule has 0 fully saturated rings. The van der Waals surface area contributed by atoms with Crippen molar-refractivity contribution >= 4 is 39.9 Å². The quantitative estimate of drug-likeness (QED) is 0.728. The van der Waals surface area contributed by atoms with Gasteiger partial charge in [0.2, 0.25) is 5.91 Å². The predicted molar refractivity (Wildman–Crippen MR) is 104 cm³/mol. The number of thiophene rings is 1. The van der Waals surface area contributed by atoms with Gasteiger partial charge >= 0.3 is 0 Å². The smallest absolute Gasteiger partial charge is 0.249 e. The fourth-order valence-corrected chi connectivity index (χ4v) is 4.65. The van der Waals surface area contributed by atoms with E-state index in [0.29, 0.717) is 21.5 Å². The SMILES string of the molecule is CCC1CCc2c(sc(NC(=O)/C=C/c3ccccc3Cl)c2C#N)C1. The van der Waals surface area contributed by atoms with Crippen molar-refractivity contribution in [3.05, 3.63) is 56.9 Å². The number of anilines is 1. The minimum atomic E-state index is -0.248. The first-order chi connectivity index (χ1) is 12.1. The Bertz CT molecular complexity index is 863. The van der Waals surface area contributed by atoms with E-state index in [2.05, 4.69) is 18.3 Å². The lowest BCUT2D eigenvalue weighted by atomic mass is 9.86. The van der Waals surface area contributed by atoms with Crippen LogP contribution in [0.2, 0.25) is 5.02 Å². The van der Waals surface area contributed by atoms with Crippen LogP contribution in [0.3, 0.4) is 0 Å². The first-order valence-corrected chi connectivity index (χ1v) is 9.60. The number of carbonyl (C=O) groups excluding carboxylic acids is 1. The fourth-order valence-electron chi connectivity index (χ4n) is 3.14. The third kappa shape index (κ3) is 3.95. The van der Waals surface area contributed by atoms with Gasteiger partial charge in [0.15, 0.2) is 0 Å². The van der Waals surface area contributed by atoms with Crippen molar-refractivity contribution in [2.45, 2.75) is 32.6 Å². The number of halogens is 1. The standard InChI is InChI=1S/C20H19ClN2OS/c1-2-13-7-9-15-16(12-22)20(25-18(15)11-13)23-19(24)10-8-14-5-3-4-6-17(14)21/h3-6,8,10,13H,2,7,9,11H2,1H3,(H,23,24)/b10-8+. The van der Waals surface area contributed by atoms with Crippen LogP contribution in [-0.2, 0) is 17.6 Å². The zero-order chi connectivity index (χ0) is 17.8. The molecule has 1 aromatic heterocycles. The molecule has 0 aliphatic heterocycles. The molecule has 0 radical (unpaired) electrons. The second-order valence-electron chi connectivity index (χ2n) is 6.18. The average molecular weight is 371 g/mol. The van der Waals surface area contributed by atoms with E-state index < -0.39 is 0 Å². The lowest BCUT2D eigenvalue weighted by Crippen LogP contribution is -2.12. The highest BCUT2D eigenvalue weighted by Crippen LogP contribution is 2.40. The van der Waals surface area contributed by atoms with Gasteiger partial charge in [0.25, 0.3) is 0 Å². The predicted octanol–water partition coefficient (Wildman–Crippen LogP) is 5.44. The van der Waals surface area contributed by atoms with Gasteiger partial charge in [-0.1, -0.05) is 43.1 Å². The first-order valence-electron chi connectivity index (χ1n) is 8.40. The number of nitriles is 1. The van der Waals surface area contributed by atoms with Crippen LogP contribution in [0.15, 0.2) is 30.3 Å². The van der Waals surface area contributed by atoms with Crippen molar-refractivity contribution in [3.63, 3.8) is 0 Å². The highest BCUT2D eigenvalue weighted by molar-refractivity contribution is 7.16. The second-order valence-corrected chi connectivity index (χ2v) is 7.69. The molecule has 3 rings (SSSR count). The average Bonchev–Trinajstić information content (AvgIpc) is 2.96. The summed E-state index contributed by atoms with van der Waals surface area (Å²) in [6, 6.07) is 9.62. The van der Waals surface area contributed by atoms with E-state index >= 15 is 0 Å². The number of nitrogens with one attached hydrogen (secondary N) is 1.